The number of hydrogen-bond acceptors (Lipinski definition) is 6. The molecule has 0 radical (unpaired) electrons. The van der Waals surface area contributed by atoms with Crippen molar-refractivity contribution in [2.45, 2.75) is 11.8 Å². The van der Waals surface area contributed by atoms with Gasteiger partial charge in [-0.05, 0) is 37.3 Å². The highest BCUT2D eigenvalue weighted by molar-refractivity contribution is 7.85. The molecule has 0 spiro atoms. The maximum absolute atomic E-state index is 10.9. The second-order valence-corrected chi connectivity index (χ2v) is 5.31. The Morgan fingerprint density at radius 1 is 1.20 bits per heavy atom. The quantitative estimate of drug-likeness (QED) is 0.828. The van der Waals surface area contributed by atoms with Crippen LogP contribution in [0.15, 0.2) is 35.7 Å². The van der Waals surface area contributed by atoms with E-state index in [1.165, 1.54) is 30.3 Å². The zero-order valence-electron chi connectivity index (χ0n) is 10.6. The van der Waals surface area contributed by atoms with Crippen molar-refractivity contribution in [2.75, 3.05) is 5.32 Å². The van der Waals surface area contributed by atoms with Crippen molar-refractivity contribution in [3.63, 3.8) is 0 Å². The van der Waals surface area contributed by atoms with E-state index < -0.39 is 10.1 Å². The van der Waals surface area contributed by atoms with Crippen molar-refractivity contribution >= 4 is 27.8 Å². The first-order valence-corrected chi connectivity index (χ1v) is 7.02. The summed E-state index contributed by atoms with van der Waals surface area (Å²) in [5.74, 6) is 1.30. The van der Waals surface area contributed by atoms with Crippen molar-refractivity contribution in [2.24, 2.45) is 0 Å². The fourth-order valence-electron chi connectivity index (χ4n) is 1.49. The number of hydrogen-bond donors (Lipinski definition) is 2. The normalized spacial score (nSPS) is 11.1. The maximum atomic E-state index is 10.9. The Morgan fingerprint density at radius 3 is 2.40 bits per heavy atom. The molecule has 0 fully saturated rings. The minimum atomic E-state index is -4.19. The summed E-state index contributed by atoms with van der Waals surface area (Å²) in [6.07, 6.45) is 1.50. The third-order valence-corrected chi connectivity index (χ3v) is 3.22. The Bertz CT molecular complexity index is 742. The molecule has 0 unspecified atom stereocenters. The van der Waals surface area contributed by atoms with Crippen LogP contribution in [0.3, 0.4) is 0 Å². The van der Waals surface area contributed by atoms with Gasteiger partial charge in [-0.2, -0.15) is 18.4 Å². The number of anilines is 2. The lowest BCUT2D eigenvalue weighted by atomic mass is 10.3. The standard InChI is InChI=1S/C12H12N4O3S/c1-3-11-13-8(2)14-12(16-11)15-9-4-6-10(7-5-9)20(17,18)19/h3-7H,1H2,2H3,(H,17,18,19)(H,13,14,15,16). The number of aromatic nitrogens is 3. The van der Waals surface area contributed by atoms with Crippen LogP contribution in [0.5, 0.6) is 0 Å². The van der Waals surface area contributed by atoms with E-state index in [0.717, 1.165) is 0 Å². The largest absolute Gasteiger partial charge is 0.324 e. The van der Waals surface area contributed by atoms with Crippen LogP contribution in [-0.4, -0.2) is 27.9 Å². The van der Waals surface area contributed by atoms with Crippen molar-refractivity contribution in [3.8, 4) is 0 Å². The number of benzene rings is 1. The molecule has 0 amide bonds. The first-order chi connectivity index (χ1) is 9.38. The predicted molar refractivity (Wildman–Crippen MR) is 74.2 cm³/mol. The summed E-state index contributed by atoms with van der Waals surface area (Å²) in [5.41, 5.74) is 0.581. The number of rotatable bonds is 4. The average Bonchev–Trinajstić information content (AvgIpc) is 2.37. The van der Waals surface area contributed by atoms with Gasteiger partial charge in [-0.15, -0.1) is 0 Å². The monoisotopic (exact) mass is 292 g/mol. The molecule has 0 atom stereocenters. The molecule has 1 aromatic heterocycles. The van der Waals surface area contributed by atoms with Gasteiger partial charge >= 0.3 is 0 Å². The van der Waals surface area contributed by atoms with Gasteiger partial charge in [-0.1, -0.05) is 6.58 Å². The van der Waals surface area contributed by atoms with Crippen LogP contribution in [0.4, 0.5) is 11.6 Å². The van der Waals surface area contributed by atoms with Crippen molar-refractivity contribution in [1.82, 2.24) is 15.0 Å². The Morgan fingerprint density at radius 2 is 1.85 bits per heavy atom. The first kappa shape index (κ1) is 14.1. The van der Waals surface area contributed by atoms with E-state index in [-0.39, 0.29) is 4.90 Å². The zero-order valence-corrected chi connectivity index (χ0v) is 11.4. The summed E-state index contributed by atoms with van der Waals surface area (Å²) in [6.45, 7) is 5.31. The molecule has 0 aliphatic heterocycles. The van der Waals surface area contributed by atoms with Gasteiger partial charge in [-0.3, -0.25) is 4.55 Å². The highest BCUT2D eigenvalue weighted by Crippen LogP contribution is 2.16. The third kappa shape index (κ3) is 3.37. The van der Waals surface area contributed by atoms with Crippen LogP contribution < -0.4 is 5.32 Å². The fraction of sp³-hybridized carbons (Fsp3) is 0.0833. The molecule has 0 bridgehead atoms. The molecule has 8 heteroatoms. The summed E-state index contributed by atoms with van der Waals surface area (Å²) < 4.78 is 30.7. The highest BCUT2D eigenvalue weighted by Gasteiger charge is 2.09. The Kier molecular flexibility index (Phi) is 3.77. The van der Waals surface area contributed by atoms with Gasteiger partial charge in [0, 0.05) is 5.69 Å². The number of nitrogens with one attached hydrogen (secondary N) is 1. The lowest BCUT2D eigenvalue weighted by Crippen LogP contribution is -2.03. The lowest BCUT2D eigenvalue weighted by Gasteiger charge is -2.06. The molecular formula is C12H12N4O3S. The zero-order chi connectivity index (χ0) is 14.8. The van der Waals surface area contributed by atoms with Gasteiger partial charge in [-0.25, -0.2) is 4.98 Å². The van der Waals surface area contributed by atoms with Gasteiger partial charge in [0.05, 0.1) is 4.90 Å². The molecule has 104 valence electrons. The third-order valence-electron chi connectivity index (χ3n) is 2.36. The molecule has 0 aliphatic carbocycles. The second kappa shape index (κ2) is 5.35. The minimum Gasteiger partial charge on any atom is -0.324 e. The molecule has 7 nitrogen and oxygen atoms in total. The average molecular weight is 292 g/mol. The Labute approximate surface area is 116 Å². The van der Waals surface area contributed by atoms with Crippen LogP contribution in [-0.2, 0) is 10.1 Å². The van der Waals surface area contributed by atoms with Crippen LogP contribution in [0, 0.1) is 6.92 Å². The van der Waals surface area contributed by atoms with Gasteiger partial charge < -0.3 is 5.32 Å². The predicted octanol–water partition coefficient (Wildman–Crippen LogP) is 1.81. The van der Waals surface area contributed by atoms with Gasteiger partial charge in [0.2, 0.25) is 5.95 Å². The molecule has 2 N–H and O–H groups in total. The molecule has 2 aromatic rings. The molecule has 0 aliphatic rings. The minimum absolute atomic E-state index is 0.179. The van der Waals surface area contributed by atoms with Crippen LogP contribution in [0.25, 0.3) is 6.08 Å². The Hall–Kier alpha value is -2.32. The topological polar surface area (TPSA) is 105 Å². The van der Waals surface area contributed by atoms with Crippen molar-refractivity contribution in [3.05, 3.63) is 42.5 Å². The molecule has 20 heavy (non-hydrogen) atoms. The molecule has 0 saturated heterocycles. The van der Waals surface area contributed by atoms with Gasteiger partial charge in [0.25, 0.3) is 10.1 Å². The van der Waals surface area contributed by atoms with Crippen LogP contribution in [0.1, 0.15) is 11.6 Å². The summed E-state index contributed by atoms with van der Waals surface area (Å²) >= 11 is 0. The maximum Gasteiger partial charge on any atom is 0.294 e. The molecule has 1 heterocycles. The summed E-state index contributed by atoms with van der Waals surface area (Å²) in [4.78, 5) is 12.1. The van der Waals surface area contributed by atoms with E-state index in [4.69, 9.17) is 4.55 Å². The van der Waals surface area contributed by atoms with E-state index in [2.05, 4.69) is 26.8 Å². The van der Waals surface area contributed by atoms with Crippen molar-refractivity contribution < 1.29 is 13.0 Å². The van der Waals surface area contributed by atoms with Crippen molar-refractivity contribution in [1.29, 1.82) is 0 Å². The summed E-state index contributed by atoms with van der Waals surface area (Å²) in [7, 11) is -4.19. The fourth-order valence-corrected chi connectivity index (χ4v) is 1.97. The molecule has 2 rings (SSSR count). The number of nitrogens with zero attached hydrogens (tertiary/aromatic N) is 3. The smallest absolute Gasteiger partial charge is 0.294 e. The Balaban J connectivity index is 2.26. The van der Waals surface area contributed by atoms with E-state index in [9.17, 15) is 8.42 Å². The first-order valence-electron chi connectivity index (χ1n) is 5.58. The molecule has 1 aromatic carbocycles. The van der Waals surface area contributed by atoms with E-state index in [0.29, 0.717) is 23.3 Å². The van der Waals surface area contributed by atoms with E-state index in [1.807, 2.05) is 0 Å². The van der Waals surface area contributed by atoms with E-state index in [1.54, 1.807) is 6.92 Å². The number of aryl methyl sites for hydroxylation is 1. The SMILES string of the molecule is C=Cc1nc(C)nc(Nc2ccc(S(=O)(=O)O)cc2)n1. The lowest BCUT2D eigenvalue weighted by molar-refractivity contribution is 0.483. The molecular weight excluding hydrogens is 280 g/mol. The highest BCUT2D eigenvalue weighted by atomic mass is 32.2. The van der Waals surface area contributed by atoms with Crippen LogP contribution >= 0.6 is 0 Å². The van der Waals surface area contributed by atoms with Gasteiger partial charge in [0.15, 0.2) is 5.82 Å². The molecule has 0 saturated carbocycles. The van der Waals surface area contributed by atoms with Crippen LogP contribution in [0.2, 0.25) is 0 Å². The second-order valence-electron chi connectivity index (χ2n) is 3.89. The van der Waals surface area contributed by atoms with E-state index >= 15 is 0 Å². The summed E-state index contributed by atoms with van der Waals surface area (Å²) in [6, 6.07) is 5.55. The van der Waals surface area contributed by atoms with Gasteiger partial charge in [0.1, 0.15) is 5.82 Å². The summed E-state index contributed by atoms with van der Waals surface area (Å²) in [5, 5.41) is 2.91.